The summed E-state index contributed by atoms with van der Waals surface area (Å²) in [7, 11) is 0. The summed E-state index contributed by atoms with van der Waals surface area (Å²) in [5.41, 5.74) is 1.07. The zero-order valence-corrected chi connectivity index (χ0v) is 14.2. The third-order valence-electron chi connectivity index (χ3n) is 4.66. The van der Waals surface area contributed by atoms with Gasteiger partial charge in [-0.15, -0.1) is 0 Å². The molecule has 2 rings (SSSR count). The van der Waals surface area contributed by atoms with Gasteiger partial charge in [-0.3, -0.25) is 9.69 Å². The number of nitrogens with zero attached hydrogens (tertiary/aromatic N) is 1. The molecule has 1 saturated heterocycles. The largest absolute Gasteiger partial charge is 0.388 e. The van der Waals surface area contributed by atoms with Gasteiger partial charge in [0.05, 0.1) is 6.04 Å². The van der Waals surface area contributed by atoms with Crippen molar-refractivity contribution in [2.75, 3.05) is 13.1 Å². The molecule has 4 nitrogen and oxygen atoms in total. The number of nitrogens with one attached hydrogen (secondary N) is 1. The van der Waals surface area contributed by atoms with Crippen LogP contribution in [0.15, 0.2) is 30.3 Å². The van der Waals surface area contributed by atoms with Gasteiger partial charge in [-0.1, -0.05) is 37.3 Å². The molecule has 1 fully saturated rings. The molecule has 4 atom stereocenters. The molecule has 1 amide bonds. The second kappa shape index (κ2) is 9.20. The van der Waals surface area contributed by atoms with Crippen molar-refractivity contribution in [3.63, 3.8) is 0 Å². The van der Waals surface area contributed by atoms with E-state index in [1.807, 2.05) is 30.3 Å². The van der Waals surface area contributed by atoms with Gasteiger partial charge in [0.2, 0.25) is 5.91 Å². The Bertz CT molecular complexity index is 544. The summed E-state index contributed by atoms with van der Waals surface area (Å²) in [5.74, 6) is -0.272. The maximum Gasteiger partial charge on any atom is 0.256 e. The van der Waals surface area contributed by atoms with Gasteiger partial charge < -0.3 is 10.4 Å². The topological polar surface area (TPSA) is 52.6 Å². The molecule has 0 spiro atoms. The van der Waals surface area contributed by atoms with E-state index in [1.165, 1.54) is 4.90 Å². The first-order chi connectivity index (χ1) is 12.0. The first-order valence-corrected chi connectivity index (χ1v) is 8.62. The number of carbonyl (C=O) groups excluding carboxylic acids is 1. The Morgan fingerprint density at radius 2 is 2.00 bits per heavy atom. The van der Waals surface area contributed by atoms with Crippen LogP contribution >= 0.6 is 0 Å². The minimum Gasteiger partial charge on any atom is -0.388 e. The number of carbonyl (C=O) groups is 1. The van der Waals surface area contributed by atoms with Crippen molar-refractivity contribution < 1.29 is 23.1 Å². The van der Waals surface area contributed by atoms with E-state index < -0.39 is 30.8 Å². The summed E-state index contributed by atoms with van der Waals surface area (Å²) in [5, 5.41) is 12.4. The summed E-state index contributed by atoms with van der Waals surface area (Å²) in [4.78, 5) is 12.7. The summed E-state index contributed by atoms with van der Waals surface area (Å²) in [6.45, 7) is 1.80. The van der Waals surface area contributed by atoms with Gasteiger partial charge in [-0.2, -0.15) is 0 Å². The molecule has 1 aromatic carbocycles. The molecule has 1 aliphatic heterocycles. The summed E-state index contributed by atoms with van der Waals surface area (Å²) >= 11 is 0. The van der Waals surface area contributed by atoms with E-state index in [9.17, 15) is 23.1 Å². The van der Waals surface area contributed by atoms with E-state index in [0.29, 0.717) is 12.8 Å². The summed E-state index contributed by atoms with van der Waals surface area (Å²) < 4.78 is 41.1. The van der Waals surface area contributed by atoms with E-state index in [0.717, 1.165) is 5.56 Å². The van der Waals surface area contributed by atoms with Crippen LogP contribution in [0.25, 0.3) is 0 Å². The molecule has 0 saturated carbocycles. The van der Waals surface area contributed by atoms with Crippen LogP contribution in [0.3, 0.4) is 0 Å². The number of rotatable bonds is 8. The number of hydrogen-bond donors (Lipinski definition) is 2. The molecule has 140 valence electrons. The second-order valence-electron chi connectivity index (χ2n) is 6.31. The molecule has 25 heavy (non-hydrogen) atoms. The smallest absolute Gasteiger partial charge is 0.256 e. The maximum absolute atomic E-state index is 14.4. The van der Waals surface area contributed by atoms with Crippen molar-refractivity contribution in [3.8, 4) is 0 Å². The first-order valence-electron chi connectivity index (χ1n) is 8.62. The Balaban J connectivity index is 2.02. The number of amides is 1. The zero-order valence-electron chi connectivity index (χ0n) is 14.2. The molecule has 2 N–H and O–H groups in total. The molecule has 4 unspecified atom stereocenters. The van der Waals surface area contributed by atoms with Crippen LogP contribution in [0.4, 0.5) is 13.2 Å². The van der Waals surface area contributed by atoms with E-state index in [2.05, 4.69) is 5.32 Å². The van der Waals surface area contributed by atoms with Gasteiger partial charge in [0.25, 0.3) is 6.43 Å². The molecule has 0 bridgehead atoms. The van der Waals surface area contributed by atoms with E-state index >= 15 is 0 Å². The van der Waals surface area contributed by atoms with E-state index in [-0.39, 0.29) is 25.4 Å². The second-order valence-corrected chi connectivity index (χ2v) is 6.31. The van der Waals surface area contributed by atoms with Gasteiger partial charge >= 0.3 is 0 Å². The van der Waals surface area contributed by atoms with Crippen LogP contribution in [-0.4, -0.2) is 59.8 Å². The van der Waals surface area contributed by atoms with Gasteiger partial charge in [0, 0.05) is 13.0 Å². The van der Waals surface area contributed by atoms with E-state index in [4.69, 9.17) is 0 Å². The number of aliphatic hydroxyl groups is 1. The average molecular weight is 358 g/mol. The Labute approximate surface area is 146 Å². The highest BCUT2D eigenvalue weighted by Crippen LogP contribution is 2.31. The fourth-order valence-electron chi connectivity index (χ4n) is 3.31. The van der Waals surface area contributed by atoms with Crippen LogP contribution in [0.1, 0.15) is 25.3 Å². The molecule has 0 radical (unpaired) electrons. The van der Waals surface area contributed by atoms with Gasteiger partial charge in [-0.25, -0.2) is 13.2 Å². The number of likely N-dealkylation sites (tertiary alicyclic amines) is 1. The Morgan fingerprint density at radius 3 is 2.60 bits per heavy atom. The van der Waals surface area contributed by atoms with Crippen LogP contribution in [0.2, 0.25) is 0 Å². The fraction of sp³-hybridized carbons (Fsp3) is 0.611. The quantitative estimate of drug-likeness (QED) is 0.749. The number of aliphatic hydroxyl groups excluding tert-OH is 1. The zero-order chi connectivity index (χ0) is 18.4. The lowest BCUT2D eigenvalue weighted by molar-refractivity contribution is -0.121. The van der Waals surface area contributed by atoms with Crippen molar-refractivity contribution in [1.29, 1.82) is 0 Å². The molecular weight excluding hydrogens is 333 g/mol. The predicted octanol–water partition coefficient (Wildman–Crippen LogP) is 2.16. The lowest BCUT2D eigenvalue weighted by atomic mass is 10.1. The molecule has 1 aromatic rings. The Hall–Kier alpha value is -1.60. The van der Waals surface area contributed by atoms with Gasteiger partial charge in [-0.05, 0) is 24.9 Å². The SMILES string of the molecule is CCC(=O)NCC1C(F)C(O)C(C(F)F)N1CCCc1ccccc1. The van der Waals surface area contributed by atoms with Crippen molar-refractivity contribution in [2.24, 2.45) is 0 Å². The molecule has 1 aliphatic rings. The molecule has 7 heteroatoms. The highest BCUT2D eigenvalue weighted by atomic mass is 19.3. The van der Waals surface area contributed by atoms with Crippen LogP contribution < -0.4 is 5.32 Å². The van der Waals surface area contributed by atoms with Crippen molar-refractivity contribution in [1.82, 2.24) is 10.2 Å². The number of aryl methyl sites for hydroxylation is 1. The molecule has 0 aliphatic carbocycles. The standard InChI is InChI=1S/C18H25F3N2O2/c1-2-14(24)22-11-13-15(19)17(25)16(18(20)21)23(13)10-6-9-12-7-4-3-5-8-12/h3-5,7-8,13,15-18,25H,2,6,9-11H2,1H3,(H,22,24). The van der Waals surface area contributed by atoms with Crippen LogP contribution in [-0.2, 0) is 11.2 Å². The number of alkyl halides is 3. The molecule has 0 aromatic heterocycles. The highest BCUT2D eigenvalue weighted by molar-refractivity contribution is 5.75. The Kier molecular flexibility index (Phi) is 7.25. The predicted molar refractivity (Wildman–Crippen MR) is 89.3 cm³/mol. The Morgan fingerprint density at radius 1 is 1.32 bits per heavy atom. The normalized spacial score (nSPS) is 27.0. The highest BCUT2D eigenvalue weighted by Gasteiger charge is 2.52. The summed E-state index contributed by atoms with van der Waals surface area (Å²) in [6, 6.07) is 7.10. The van der Waals surface area contributed by atoms with Crippen molar-refractivity contribution >= 4 is 5.91 Å². The van der Waals surface area contributed by atoms with Gasteiger partial charge in [0.1, 0.15) is 18.3 Å². The van der Waals surface area contributed by atoms with E-state index in [1.54, 1.807) is 6.92 Å². The van der Waals surface area contributed by atoms with Crippen LogP contribution in [0.5, 0.6) is 0 Å². The molecular formula is C18H25F3N2O2. The molecule has 1 heterocycles. The number of benzene rings is 1. The number of halogens is 3. The first kappa shape index (κ1) is 19.7. The third kappa shape index (κ3) is 4.95. The average Bonchev–Trinajstić information content (AvgIpc) is 2.84. The minimum absolute atomic E-state index is 0.0839. The summed E-state index contributed by atoms with van der Waals surface area (Å²) in [6.07, 6.45) is -4.94. The monoisotopic (exact) mass is 358 g/mol. The van der Waals surface area contributed by atoms with Crippen molar-refractivity contribution in [2.45, 2.75) is 57.0 Å². The minimum atomic E-state index is -2.85. The van der Waals surface area contributed by atoms with Crippen LogP contribution in [0, 0.1) is 0 Å². The number of hydrogen-bond acceptors (Lipinski definition) is 3. The third-order valence-corrected chi connectivity index (χ3v) is 4.66. The lowest BCUT2D eigenvalue weighted by Crippen LogP contribution is -2.48. The maximum atomic E-state index is 14.4. The van der Waals surface area contributed by atoms with Crippen molar-refractivity contribution in [3.05, 3.63) is 35.9 Å². The lowest BCUT2D eigenvalue weighted by Gasteiger charge is -2.30. The van der Waals surface area contributed by atoms with Gasteiger partial charge in [0.15, 0.2) is 0 Å². The fourth-order valence-corrected chi connectivity index (χ4v) is 3.31.